The Morgan fingerprint density at radius 3 is 2.50 bits per heavy atom. The van der Waals surface area contributed by atoms with Gasteiger partial charge in [-0.3, -0.25) is 0 Å². The summed E-state index contributed by atoms with van der Waals surface area (Å²) in [5.41, 5.74) is 2.24. The number of rotatable bonds is 2. The fraction of sp³-hybridized carbons (Fsp3) is 0.0714. The second kappa shape index (κ2) is 4.98. The first kappa shape index (κ1) is 13.2. The molecule has 4 nitrogen and oxygen atoms in total. The van der Waals surface area contributed by atoms with Crippen LogP contribution in [0.25, 0.3) is 11.0 Å². The van der Waals surface area contributed by atoms with E-state index >= 15 is 0 Å². The molecule has 3 N–H and O–H groups in total. The van der Waals surface area contributed by atoms with E-state index in [4.69, 9.17) is 23.2 Å². The maximum Gasteiger partial charge on any atom is 0.323 e. The van der Waals surface area contributed by atoms with Crippen LogP contribution in [0.15, 0.2) is 41.2 Å². The predicted octanol–water partition coefficient (Wildman–Crippen LogP) is 3.24. The van der Waals surface area contributed by atoms with E-state index < -0.39 is 6.10 Å². The van der Waals surface area contributed by atoms with Gasteiger partial charge in [0.15, 0.2) is 0 Å². The van der Waals surface area contributed by atoms with Crippen LogP contribution in [0.5, 0.6) is 0 Å². The SMILES string of the molecule is O=c1[nH]c2ccc(C(O)c3ccc(Cl)cc3Cl)cc2[nH]1. The van der Waals surface area contributed by atoms with Crippen molar-refractivity contribution in [2.75, 3.05) is 0 Å². The first-order valence-corrected chi connectivity index (χ1v) is 6.65. The van der Waals surface area contributed by atoms with Crippen molar-refractivity contribution in [3.05, 3.63) is 68.1 Å². The number of halogens is 2. The first-order valence-electron chi connectivity index (χ1n) is 5.89. The highest BCUT2D eigenvalue weighted by Crippen LogP contribution is 2.31. The molecule has 1 unspecified atom stereocenters. The van der Waals surface area contributed by atoms with E-state index in [1.807, 2.05) is 0 Å². The summed E-state index contributed by atoms with van der Waals surface area (Å²) in [4.78, 5) is 16.5. The lowest BCUT2D eigenvalue weighted by Crippen LogP contribution is -2.00. The fourth-order valence-corrected chi connectivity index (χ4v) is 2.63. The highest BCUT2D eigenvalue weighted by atomic mass is 35.5. The van der Waals surface area contributed by atoms with E-state index in [1.165, 1.54) is 0 Å². The van der Waals surface area contributed by atoms with E-state index in [2.05, 4.69) is 9.97 Å². The summed E-state index contributed by atoms with van der Waals surface area (Å²) >= 11 is 11.9. The molecule has 2 aromatic carbocycles. The smallest absolute Gasteiger partial charge is 0.323 e. The van der Waals surface area contributed by atoms with Gasteiger partial charge >= 0.3 is 5.69 Å². The zero-order chi connectivity index (χ0) is 14.3. The number of hydrogen-bond donors (Lipinski definition) is 3. The zero-order valence-corrected chi connectivity index (χ0v) is 11.7. The van der Waals surface area contributed by atoms with E-state index in [1.54, 1.807) is 36.4 Å². The molecule has 20 heavy (non-hydrogen) atoms. The predicted molar refractivity (Wildman–Crippen MR) is 79.4 cm³/mol. The van der Waals surface area contributed by atoms with Gasteiger partial charge in [0, 0.05) is 15.6 Å². The van der Waals surface area contributed by atoms with Gasteiger partial charge in [0.1, 0.15) is 6.10 Å². The van der Waals surface area contributed by atoms with Gasteiger partial charge in [-0.25, -0.2) is 4.79 Å². The summed E-state index contributed by atoms with van der Waals surface area (Å²) in [6.45, 7) is 0. The molecule has 0 spiro atoms. The quantitative estimate of drug-likeness (QED) is 0.680. The van der Waals surface area contributed by atoms with E-state index in [0.29, 0.717) is 32.2 Å². The highest BCUT2D eigenvalue weighted by Gasteiger charge is 2.15. The van der Waals surface area contributed by atoms with Gasteiger partial charge in [0.05, 0.1) is 11.0 Å². The average molecular weight is 309 g/mol. The van der Waals surface area contributed by atoms with Crippen LogP contribution >= 0.6 is 23.2 Å². The number of H-pyrrole nitrogens is 2. The van der Waals surface area contributed by atoms with Crippen molar-refractivity contribution >= 4 is 34.2 Å². The molecule has 0 amide bonds. The Balaban J connectivity index is 2.06. The second-order valence-electron chi connectivity index (χ2n) is 4.45. The molecule has 0 aliphatic rings. The van der Waals surface area contributed by atoms with Crippen molar-refractivity contribution in [2.24, 2.45) is 0 Å². The number of fused-ring (bicyclic) bond motifs is 1. The molecule has 0 aliphatic carbocycles. The monoisotopic (exact) mass is 308 g/mol. The maximum absolute atomic E-state index is 11.2. The molecule has 0 aliphatic heterocycles. The summed E-state index contributed by atoms with van der Waals surface area (Å²) in [5, 5.41) is 11.3. The molecule has 6 heteroatoms. The minimum Gasteiger partial charge on any atom is -0.384 e. The summed E-state index contributed by atoms with van der Waals surface area (Å²) in [5.74, 6) is 0. The van der Waals surface area contributed by atoms with Gasteiger partial charge < -0.3 is 15.1 Å². The first-order chi connectivity index (χ1) is 9.54. The third-order valence-electron chi connectivity index (χ3n) is 3.11. The number of aliphatic hydroxyl groups is 1. The summed E-state index contributed by atoms with van der Waals surface area (Å²) < 4.78 is 0. The van der Waals surface area contributed by atoms with E-state index in [-0.39, 0.29) is 5.69 Å². The van der Waals surface area contributed by atoms with Crippen LogP contribution < -0.4 is 5.69 Å². The van der Waals surface area contributed by atoms with Crippen molar-refractivity contribution in [3.63, 3.8) is 0 Å². The number of aromatic amines is 2. The summed E-state index contributed by atoms with van der Waals surface area (Å²) in [6, 6.07) is 10.1. The molecule has 0 fully saturated rings. The molecule has 0 radical (unpaired) electrons. The molecule has 1 heterocycles. The van der Waals surface area contributed by atoms with Gasteiger partial charge in [0.2, 0.25) is 0 Å². The third kappa shape index (κ3) is 2.33. The standard InChI is InChI=1S/C14H10Cl2N2O2/c15-8-2-3-9(10(16)6-8)13(19)7-1-4-11-12(5-7)18-14(20)17-11/h1-6,13,19H,(H2,17,18,20). The van der Waals surface area contributed by atoms with E-state index in [0.717, 1.165) is 0 Å². The topological polar surface area (TPSA) is 68.9 Å². The number of aliphatic hydroxyl groups excluding tert-OH is 1. The number of nitrogens with one attached hydrogen (secondary N) is 2. The van der Waals surface area contributed by atoms with Gasteiger partial charge in [-0.05, 0) is 29.8 Å². The Labute approximate surface area is 124 Å². The molecule has 1 aromatic heterocycles. The second-order valence-corrected chi connectivity index (χ2v) is 5.30. The Morgan fingerprint density at radius 1 is 1.00 bits per heavy atom. The molecule has 3 rings (SSSR count). The van der Waals surface area contributed by atoms with Crippen molar-refractivity contribution in [1.29, 1.82) is 0 Å². The number of benzene rings is 2. The lowest BCUT2D eigenvalue weighted by atomic mass is 10.0. The number of aromatic nitrogens is 2. The Hall–Kier alpha value is -1.75. The molecular weight excluding hydrogens is 299 g/mol. The van der Waals surface area contributed by atoms with Crippen LogP contribution in [0, 0.1) is 0 Å². The normalized spacial score (nSPS) is 12.8. The molecule has 3 aromatic rings. The number of imidazole rings is 1. The van der Waals surface area contributed by atoms with Crippen LogP contribution in [-0.4, -0.2) is 15.1 Å². The van der Waals surface area contributed by atoms with Crippen LogP contribution in [0.3, 0.4) is 0 Å². The van der Waals surface area contributed by atoms with Crippen LogP contribution in [0.2, 0.25) is 10.0 Å². The minimum atomic E-state index is -0.887. The van der Waals surface area contributed by atoms with E-state index in [9.17, 15) is 9.90 Å². The Bertz CT molecular complexity index is 839. The summed E-state index contributed by atoms with van der Waals surface area (Å²) in [7, 11) is 0. The van der Waals surface area contributed by atoms with Gasteiger partial charge in [-0.2, -0.15) is 0 Å². The average Bonchev–Trinajstić information content (AvgIpc) is 2.77. The highest BCUT2D eigenvalue weighted by molar-refractivity contribution is 6.35. The summed E-state index contributed by atoms with van der Waals surface area (Å²) in [6.07, 6.45) is -0.887. The van der Waals surface area contributed by atoms with Crippen LogP contribution in [0.4, 0.5) is 0 Å². The van der Waals surface area contributed by atoms with Gasteiger partial charge in [-0.1, -0.05) is 35.3 Å². The lowest BCUT2D eigenvalue weighted by Gasteiger charge is -2.13. The molecule has 0 saturated carbocycles. The van der Waals surface area contributed by atoms with Crippen LogP contribution in [0.1, 0.15) is 17.2 Å². The fourth-order valence-electron chi connectivity index (χ4n) is 2.12. The third-order valence-corrected chi connectivity index (χ3v) is 3.68. The largest absolute Gasteiger partial charge is 0.384 e. The lowest BCUT2D eigenvalue weighted by molar-refractivity contribution is 0.220. The zero-order valence-electron chi connectivity index (χ0n) is 10.2. The van der Waals surface area contributed by atoms with Gasteiger partial charge in [-0.15, -0.1) is 0 Å². The van der Waals surface area contributed by atoms with Crippen molar-refractivity contribution in [2.45, 2.75) is 6.10 Å². The van der Waals surface area contributed by atoms with Crippen molar-refractivity contribution in [3.8, 4) is 0 Å². The minimum absolute atomic E-state index is 0.281. The molecule has 0 saturated heterocycles. The molecular formula is C14H10Cl2N2O2. The Morgan fingerprint density at radius 2 is 1.75 bits per heavy atom. The molecule has 1 atom stereocenters. The molecule has 0 bridgehead atoms. The van der Waals surface area contributed by atoms with Gasteiger partial charge in [0.25, 0.3) is 0 Å². The maximum atomic E-state index is 11.2. The molecule has 102 valence electrons. The van der Waals surface area contributed by atoms with Crippen LogP contribution in [-0.2, 0) is 0 Å². The Kier molecular flexibility index (Phi) is 3.30. The van der Waals surface area contributed by atoms with Crippen molar-refractivity contribution in [1.82, 2.24) is 9.97 Å². The number of hydrogen-bond acceptors (Lipinski definition) is 2. The van der Waals surface area contributed by atoms with Crippen molar-refractivity contribution < 1.29 is 5.11 Å².